The van der Waals surface area contributed by atoms with Gasteiger partial charge in [0.2, 0.25) is 0 Å². The highest BCUT2D eigenvalue weighted by atomic mass is 35.5. The molecule has 0 fully saturated rings. The summed E-state index contributed by atoms with van der Waals surface area (Å²) in [6.07, 6.45) is 0. The van der Waals surface area contributed by atoms with Crippen molar-refractivity contribution >= 4 is 44.6 Å². The van der Waals surface area contributed by atoms with Gasteiger partial charge in [-0.2, -0.15) is 0 Å². The van der Waals surface area contributed by atoms with E-state index < -0.39 is 50.3 Å². The Hall–Kier alpha value is -3.50. The molecule has 0 aliphatic heterocycles. The molecular formula is C24H21ClF2N2O5S. The molecule has 3 aromatic carbocycles. The number of phenolic OH excluding ortho intramolecular Hbond substituents is 1. The molecule has 0 heterocycles. The molecule has 0 saturated carbocycles. The number of hydrogen-bond acceptors (Lipinski definition) is 5. The molecule has 7 nitrogen and oxygen atoms in total. The lowest BCUT2D eigenvalue weighted by atomic mass is 10.1. The maximum Gasteiger partial charge on any atom is 0.258 e. The van der Waals surface area contributed by atoms with E-state index in [1.54, 1.807) is 13.8 Å². The molecule has 0 aliphatic carbocycles. The molecule has 0 atom stereocenters. The smallest absolute Gasteiger partial charge is 0.258 e. The fourth-order valence-electron chi connectivity index (χ4n) is 3.18. The molecule has 0 aliphatic rings. The third-order valence-corrected chi connectivity index (χ3v) is 7.08. The minimum absolute atomic E-state index is 0.0229. The van der Waals surface area contributed by atoms with E-state index in [0.29, 0.717) is 0 Å². The normalized spacial score (nSPS) is 11.4. The molecular weight excluding hydrogens is 502 g/mol. The number of anilines is 2. The SMILES string of the molecule is CC(C)CS(=O)(=O)c1cccc(C(=O)Nc2cc(F)c(NC(=O)c3ccc(Cl)cc3F)cc2O)c1. The Balaban J connectivity index is 1.80. The second-order valence-electron chi connectivity index (χ2n) is 8.08. The number of carbonyl (C=O) groups excluding carboxylic acids is 2. The fourth-order valence-corrected chi connectivity index (χ4v) is 5.00. The molecule has 2 amide bonds. The van der Waals surface area contributed by atoms with Crippen LogP contribution in [0, 0.1) is 17.6 Å². The van der Waals surface area contributed by atoms with Gasteiger partial charge in [-0.1, -0.05) is 31.5 Å². The van der Waals surface area contributed by atoms with Crippen molar-refractivity contribution in [3.05, 3.63) is 82.4 Å². The van der Waals surface area contributed by atoms with Gasteiger partial charge in [0.15, 0.2) is 9.84 Å². The van der Waals surface area contributed by atoms with E-state index in [0.717, 1.165) is 24.3 Å². The second kappa shape index (κ2) is 10.4. The third-order valence-electron chi connectivity index (χ3n) is 4.77. The van der Waals surface area contributed by atoms with Crippen molar-refractivity contribution in [2.45, 2.75) is 18.7 Å². The minimum Gasteiger partial charge on any atom is -0.506 e. The van der Waals surface area contributed by atoms with Crippen molar-refractivity contribution in [1.82, 2.24) is 0 Å². The quantitative estimate of drug-likeness (QED) is 0.366. The zero-order valence-corrected chi connectivity index (χ0v) is 20.2. The molecule has 184 valence electrons. The molecule has 3 rings (SSSR count). The summed E-state index contributed by atoms with van der Waals surface area (Å²) < 4.78 is 53.4. The molecule has 0 spiro atoms. The van der Waals surface area contributed by atoms with Crippen LogP contribution in [0.5, 0.6) is 5.75 Å². The minimum atomic E-state index is -3.61. The number of rotatable bonds is 7. The van der Waals surface area contributed by atoms with Gasteiger partial charge < -0.3 is 15.7 Å². The standard InChI is InChI=1S/C24H21ClF2N2O5S/c1-13(2)12-35(33,34)16-5-3-4-14(8-16)23(31)29-21-10-19(27)20(11-22(21)30)28-24(32)17-7-6-15(25)9-18(17)26/h3-11,13,30H,12H2,1-2H3,(H,28,32)(H,29,31). The topological polar surface area (TPSA) is 113 Å². The van der Waals surface area contributed by atoms with Crippen molar-refractivity contribution in [3.63, 3.8) is 0 Å². The average Bonchev–Trinajstić information content (AvgIpc) is 2.76. The highest BCUT2D eigenvalue weighted by Gasteiger charge is 2.20. The first kappa shape index (κ1) is 26.1. The Kier molecular flexibility index (Phi) is 7.76. The largest absolute Gasteiger partial charge is 0.506 e. The summed E-state index contributed by atoms with van der Waals surface area (Å²) in [5.41, 5.74) is -1.19. The van der Waals surface area contributed by atoms with E-state index in [9.17, 15) is 31.9 Å². The van der Waals surface area contributed by atoms with Crippen molar-refractivity contribution in [2.75, 3.05) is 16.4 Å². The van der Waals surface area contributed by atoms with Crippen LogP contribution in [0.25, 0.3) is 0 Å². The molecule has 0 unspecified atom stereocenters. The molecule has 0 aromatic heterocycles. The van der Waals surface area contributed by atoms with Crippen molar-refractivity contribution in [3.8, 4) is 5.75 Å². The lowest BCUT2D eigenvalue weighted by Gasteiger charge is -2.13. The molecule has 0 saturated heterocycles. The molecule has 35 heavy (non-hydrogen) atoms. The molecule has 0 bridgehead atoms. The molecule has 3 aromatic rings. The van der Waals surface area contributed by atoms with Crippen LogP contribution in [-0.4, -0.2) is 31.1 Å². The van der Waals surface area contributed by atoms with Crippen LogP contribution >= 0.6 is 11.6 Å². The number of nitrogens with one attached hydrogen (secondary N) is 2. The van der Waals surface area contributed by atoms with E-state index in [1.807, 2.05) is 0 Å². The van der Waals surface area contributed by atoms with Gasteiger partial charge in [-0.3, -0.25) is 9.59 Å². The van der Waals surface area contributed by atoms with Crippen molar-refractivity contribution in [1.29, 1.82) is 0 Å². The maximum atomic E-state index is 14.6. The second-order valence-corrected chi connectivity index (χ2v) is 10.6. The number of hydrogen-bond donors (Lipinski definition) is 3. The number of halogens is 3. The Morgan fingerprint density at radius 1 is 0.943 bits per heavy atom. The van der Waals surface area contributed by atoms with Gasteiger partial charge in [0.05, 0.1) is 27.6 Å². The maximum absolute atomic E-state index is 14.6. The van der Waals surface area contributed by atoms with Crippen molar-refractivity contribution < 1.29 is 31.9 Å². The van der Waals surface area contributed by atoms with E-state index in [2.05, 4.69) is 10.6 Å². The number of sulfone groups is 1. The molecule has 0 radical (unpaired) electrons. The Morgan fingerprint density at radius 2 is 1.63 bits per heavy atom. The summed E-state index contributed by atoms with van der Waals surface area (Å²) in [6.45, 7) is 3.51. The van der Waals surface area contributed by atoms with Crippen LogP contribution < -0.4 is 10.6 Å². The van der Waals surface area contributed by atoms with Gasteiger partial charge >= 0.3 is 0 Å². The Morgan fingerprint density at radius 3 is 2.29 bits per heavy atom. The van der Waals surface area contributed by atoms with Gasteiger partial charge in [-0.05, 0) is 42.3 Å². The summed E-state index contributed by atoms with van der Waals surface area (Å²) in [6, 6.07) is 10.3. The van der Waals surface area contributed by atoms with Crippen LogP contribution in [0.3, 0.4) is 0 Å². The first-order valence-electron chi connectivity index (χ1n) is 10.3. The number of aromatic hydroxyl groups is 1. The van der Waals surface area contributed by atoms with Gasteiger partial charge in [0.1, 0.15) is 17.4 Å². The lowest BCUT2D eigenvalue weighted by Crippen LogP contribution is -2.16. The number of carbonyl (C=O) groups is 2. The van der Waals surface area contributed by atoms with Gasteiger partial charge in [-0.25, -0.2) is 17.2 Å². The van der Waals surface area contributed by atoms with Crippen LogP contribution in [0.4, 0.5) is 20.2 Å². The van der Waals surface area contributed by atoms with Crippen LogP contribution in [0.15, 0.2) is 59.5 Å². The van der Waals surface area contributed by atoms with Crippen LogP contribution in [0.2, 0.25) is 5.02 Å². The number of phenols is 1. The van der Waals surface area contributed by atoms with Gasteiger partial charge in [0.25, 0.3) is 11.8 Å². The van der Waals surface area contributed by atoms with Crippen molar-refractivity contribution in [2.24, 2.45) is 5.92 Å². The Bertz CT molecular complexity index is 1410. The highest BCUT2D eigenvalue weighted by Crippen LogP contribution is 2.31. The van der Waals surface area contributed by atoms with E-state index >= 15 is 0 Å². The summed E-state index contributed by atoms with van der Waals surface area (Å²) in [4.78, 5) is 24.9. The Labute approximate surface area is 205 Å². The first-order chi connectivity index (χ1) is 16.4. The summed E-state index contributed by atoms with van der Waals surface area (Å²) in [5.74, 6) is -4.51. The van der Waals surface area contributed by atoms with E-state index in [1.165, 1.54) is 30.3 Å². The lowest BCUT2D eigenvalue weighted by molar-refractivity contribution is 0.101. The number of amides is 2. The predicted molar refractivity (Wildman–Crippen MR) is 129 cm³/mol. The van der Waals surface area contributed by atoms with Crippen LogP contribution in [0.1, 0.15) is 34.6 Å². The molecule has 11 heteroatoms. The van der Waals surface area contributed by atoms with E-state index in [-0.39, 0.29) is 32.8 Å². The average molecular weight is 523 g/mol. The highest BCUT2D eigenvalue weighted by molar-refractivity contribution is 7.91. The summed E-state index contributed by atoms with van der Waals surface area (Å²) >= 11 is 5.65. The van der Waals surface area contributed by atoms with Gasteiger partial charge in [0, 0.05) is 22.7 Å². The third kappa shape index (κ3) is 6.34. The number of benzene rings is 3. The monoisotopic (exact) mass is 522 g/mol. The fraction of sp³-hybridized carbons (Fsp3) is 0.167. The predicted octanol–water partition coefficient (Wildman–Crippen LogP) is 5.26. The zero-order chi connectivity index (χ0) is 25.9. The van der Waals surface area contributed by atoms with Crippen LogP contribution in [-0.2, 0) is 9.84 Å². The van der Waals surface area contributed by atoms with Gasteiger partial charge in [-0.15, -0.1) is 0 Å². The first-order valence-corrected chi connectivity index (χ1v) is 12.3. The summed E-state index contributed by atoms with van der Waals surface area (Å²) in [5, 5.41) is 14.8. The molecule has 3 N–H and O–H groups in total. The van der Waals surface area contributed by atoms with E-state index in [4.69, 9.17) is 11.6 Å². The summed E-state index contributed by atoms with van der Waals surface area (Å²) in [7, 11) is -3.61. The zero-order valence-electron chi connectivity index (χ0n) is 18.6.